The van der Waals surface area contributed by atoms with E-state index in [0.717, 1.165) is 0 Å². The minimum Gasteiger partial charge on any atom is -0.310 e. The van der Waals surface area contributed by atoms with Crippen LogP contribution in [0.2, 0.25) is 0 Å². The van der Waals surface area contributed by atoms with Crippen LogP contribution in [0.1, 0.15) is 76.3 Å². The zero-order valence-electron chi connectivity index (χ0n) is 39.1. The monoisotopic (exact) mass is 865 g/mol. The number of rotatable bonds is 6. The summed E-state index contributed by atoms with van der Waals surface area (Å²) in [6.07, 6.45) is 0. The Hall–Kier alpha value is -7.00. The molecule has 0 N–H and O–H groups in total. The first-order valence-corrected chi connectivity index (χ1v) is 25.7. The molecule has 2 heteroatoms. The fourth-order valence-electron chi connectivity index (χ4n) is 12.1. The summed E-state index contributed by atoms with van der Waals surface area (Å²) < 4.78 is 0. The molecule has 0 amide bonds. The van der Waals surface area contributed by atoms with Crippen molar-refractivity contribution in [1.82, 2.24) is 0 Å². The first-order valence-electron chi connectivity index (χ1n) is 23.7. The molecule has 0 unspecified atom stereocenters. The van der Waals surface area contributed by atoms with Gasteiger partial charge in [0.05, 0.1) is 0 Å². The highest BCUT2D eigenvalue weighted by Crippen LogP contribution is 2.53. The summed E-state index contributed by atoms with van der Waals surface area (Å²) in [6, 6.07) is 79.2. The average Bonchev–Trinajstić information content (AvgIpc) is 3.86. The second-order valence-electron chi connectivity index (χ2n) is 20.9. The van der Waals surface area contributed by atoms with E-state index in [1.54, 1.807) is 0 Å². The highest BCUT2D eigenvalue weighted by atomic mass is 28.3. The van der Waals surface area contributed by atoms with Crippen LogP contribution in [-0.2, 0) is 16.2 Å². The Morgan fingerprint density at radius 2 is 0.788 bits per heavy atom. The van der Waals surface area contributed by atoms with Gasteiger partial charge in [-0.15, -0.1) is 0 Å². The Labute approximate surface area is 392 Å². The third kappa shape index (κ3) is 5.84. The lowest BCUT2D eigenvalue weighted by molar-refractivity contribution is 0.591. The smallest absolute Gasteiger partial charge is 0.180 e. The third-order valence-electron chi connectivity index (χ3n) is 15.5. The normalized spacial score (nSPS) is 15.3. The summed E-state index contributed by atoms with van der Waals surface area (Å²) in [4.78, 5) is 2.59. The quantitative estimate of drug-likeness (QED) is 0.151. The Morgan fingerprint density at radius 1 is 0.348 bits per heavy atom. The molecule has 12 rings (SSSR count). The number of hydrogen-bond acceptors (Lipinski definition) is 1. The van der Waals surface area contributed by atoms with Crippen LogP contribution in [0.3, 0.4) is 0 Å². The lowest BCUT2D eigenvalue weighted by Crippen LogP contribution is -2.73. The topological polar surface area (TPSA) is 3.24 Å². The Morgan fingerprint density at radius 3 is 1.30 bits per heavy atom. The molecule has 0 fully saturated rings. The molecule has 3 aliphatic rings. The van der Waals surface area contributed by atoms with Gasteiger partial charge in [-0.05, 0) is 135 Å². The minimum atomic E-state index is -2.93. The van der Waals surface area contributed by atoms with Crippen LogP contribution in [0.4, 0.5) is 17.1 Å². The predicted molar refractivity (Wildman–Crippen MR) is 283 cm³/mol. The van der Waals surface area contributed by atoms with Crippen molar-refractivity contribution < 1.29 is 0 Å². The van der Waals surface area contributed by atoms with Crippen molar-refractivity contribution in [2.45, 2.75) is 64.7 Å². The number of nitrogens with zero attached hydrogens (tertiary/aromatic N) is 1. The zero-order chi connectivity index (χ0) is 45.2. The molecule has 66 heavy (non-hydrogen) atoms. The van der Waals surface area contributed by atoms with E-state index in [1.807, 2.05) is 0 Å². The van der Waals surface area contributed by atoms with E-state index in [4.69, 9.17) is 0 Å². The maximum Gasteiger partial charge on any atom is 0.180 e. The van der Waals surface area contributed by atoms with Crippen molar-refractivity contribution >= 4 is 45.9 Å². The van der Waals surface area contributed by atoms with Crippen LogP contribution in [0.25, 0.3) is 44.5 Å². The van der Waals surface area contributed by atoms with Crippen LogP contribution in [0.15, 0.2) is 206 Å². The van der Waals surface area contributed by atoms with Gasteiger partial charge in [0.15, 0.2) is 8.07 Å². The van der Waals surface area contributed by atoms with E-state index in [2.05, 4.69) is 260 Å². The second-order valence-corrected chi connectivity index (χ2v) is 24.7. The zero-order valence-corrected chi connectivity index (χ0v) is 40.1. The van der Waals surface area contributed by atoms with Crippen molar-refractivity contribution in [2.24, 2.45) is 0 Å². The largest absolute Gasteiger partial charge is 0.310 e. The van der Waals surface area contributed by atoms with E-state index in [0.29, 0.717) is 0 Å². The first-order chi connectivity index (χ1) is 31.9. The van der Waals surface area contributed by atoms with Gasteiger partial charge in [-0.3, -0.25) is 0 Å². The lowest BCUT2D eigenvalue weighted by atomic mass is 9.82. The van der Waals surface area contributed by atoms with E-state index >= 15 is 0 Å². The van der Waals surface area contributed by atoms with Crippen LogP contribution in [-0.4, -0.2) is 8.07 Å². The fourth-order valence-corrected chi connectivity index (χ4v) is 17.3. The fraction of sp³-hybridized carbons (Fsp3) is 0.156. The summed E-state index contributed by atoms with van der Waals surface area (Å²) in [5.41, 5.74) is 20.5. The lowest BCUT2D eigenvalue weighted by Gasteiger charge is -2.35. The molecule has 0 radical (unpaired) electrons. The summed E-state index contributed by atoms with van der Waals surface area (Å²) in [5, 5.41) is 5.72. The van der Waals surface area contributed by atoms with Crippen LogP contribution >= 0.6 is 0 Å². The minimum absolute atomic E-state index is 0.135. The van der Waals surface area contributed by atoms with E-state index in [-0.39, 0.29) is 16.2 Å². The van der Waals surface area contributed by atoms with Crippen molar-refractivity contribution in [2.75, 3.05) is 4.90 Å². The van der Waals surface area contributed by atoms with Gasteiger partial charge < -0.3 is 4.90 Å². The molecule has 1 nitrogen and oxygen atoms in total. The van der Waals surface area contributed by atoms with E-state index < -0.39 is 8.07 Å². The van der Waals surface area contributed by atoms with Crippen molar-refractivity contribution in [1.29, 1.82) is 0 Å². The molecule has 0 atom stereocenters. The molecule has 0 saturated heterocycles. The maximum atomic E-state index is 2.59. The highest BCUT2D eigenvalue weighted by Gasteiger charge is 2.49. The highest BCUT2D eigenvalue weighted by molar-refractivity contribution is 7.22. The average molecular weight is 866 g/mol. The van der Waals surface area contributed by atoms with Gasteiger partial charge in [0.2, 0.25) is 0 Å². The molecule has 0 spiro atoms. The maximum absolute atomic E-state index is 2.93. The van der Waals surface area contributed by atoms with Gasteiger partial charge in [0.1, 0.15) is 0 Å². The van der Waals surface area contributed by atoms with Crippen molar-refractivity contribution in [3.8, 4) is 44.5 Å². The van der Waals surface area contributed by atoms with E-state index in [9.17, 15) is 0 Å². The Balaban J connectivity index is 1.14. The number of hydrogen-bond donors (Lipinski definition) is 0. The number of anilines is 3. The summed E-state index contributed by atoms with van der Waals surface area (Å²) in [6.45, 7) is 16.7. The van der Waals surface area contributed by atoms with Gasteiger partial charge in [-0.25, -0.2) is 0 Å². The molecule has 0 saturated carbocycles. The summed E-state index contributed by atoms with van der Waals surface area (Å²) in [7, 11) is -2.93. The molecule has 320 valence electrons. The van der Waals surface area contributed by atoms with Gasteiger partial charge in [0.25, 0.3) is 0 Å². The number of fused-ring (bicyclic) bond motifs is 9. The SMILES string of the molecule is CC(C)(C)c1cc(N(c2ccc3c(c2)C(C)(C)c2ccccc2-3)c2ccc3c(c2)C(C)(C)c2ccccc2-3)cc([Si]2(c3ccc(-c4ccccc4)cc3)c3ccccc3-c3ccccc32)c1. The summed E-state index contributed by atoms with van der Waals surface area (Å²) in [5.74, 6) is 0. The third-order valence-corrected chi connectivity index (χ3v) is 20.3. The first kappa shape index (κ1) is 40.5. The van der Waals surface area contributed by atoms with Crippen molar-refractivity contribution in [3.63, 3.8) is 0 Å². The molecule has 1 aliphatic heterocycles. The van der Waals surface area contributed by atoms with Gasteiger partial charge in [0, 0.05) is 27.9 Å². The van der Waals surface area contributed by atoms with Crippen LogP contribution in [0.5, 0.6) is 0 Å². The van der Waals surface area contributed by atoms with Crippen molar-refractivity contribution in [3.05, 3.63) is 234 Å². The van der Waals surface area contributed by atoms with Gasteiger partial charge in [-0.2, -0.15) is 0 Å². The standard InChI is InChI=1S/C64H55NSi/c1-62(2,3)44-37-47(39-49(38-44)66(48-33-29-43(30-34-48)42-19-9-8-10-20-42)60-27-17-13-23-54(60)55-24-14-18-28-61(55)66)65(45-31-35-52-50-21-11-15-25-56(50)63(4,5)58(52)40-45)46-32-36-53-51-22-12-16-26-57(51)64(6,7)59(53)41-46/h8-41H,1-7H3. The molecule has 2 aliphatic carbocycles. The molecular formula is C64H55NSi. The van der Waals surface area contributed by atoms with Crippen LogP contribution < -0.4 is 25.6 Å². The molecule has 0 bridgehead atoms. The molecule has 9 aromatic rings. The molecule has 9 aromatic carbocycles. The molecular weight excluding hydrogens is 811 g/mol. The molecule has 0 aromatic heterocycles. The predicted octanol–water partition coefficient (Wildman–Crippen LogP) is 14.1. The van der Waals surface area contributed by atoms with Gasteiger partial charge in [-0.1, -0.05) is 218 Å². The molecule has 1 heterocycles. The van der Waals surface area contributed by atoms with Gasteiger partial charge >= 0.3 is 0 Å². The Kier molecular flexibility index (Phi) is 8.90. The van der Waals surface area contributed by atoms with Crippen LogP contribution in [0, 0.1) is 0 Å². The second kappa shape index (κ2) is 14.5. The van der Waals surface area contributed by atoms with E-state index in [1.165, 1.54) is 110 Å². The summed E-state index contributed by atoms with van der Waals surface area (Å²) >= 11 is 0. The number of benzene rings is 9. The Bertz CT molecular complexity index is 3250.